The van der Waals surface area contributed by atoms with Gasteiger partial charge in [0.05, 0.1) is 12.3 Å². The maximum absolute atomic E-state index is 10.2. The van der Waals surface area contributed by atoms with E-state index in [0.717, 1.165) is 44.6 Å². The summed E-state index contributed by atoms with van der Waals surface area (Å²) >= 11 is 0. The van der Waals surface area contributed by atoms with Gasteiger partial charge in [0.15, 0.2) is 0 Å². The van der Waals surface area contributed by atoms with Crippen LogP contribution in [0, 0.1) is 0 Å². The summed E-state index contributed by atoms with van der Waals surface area (Å²) in [5.41, 5.74) is 3.64. The third-order valence-electron chi connectivity index (χ3n) is 4.25. The fourth-order valence-corrected chi connectivity index (χ4v) is 2.97. The first-order valence-corrected chi connectivity index (χ1v) is 7.76. The number of hydrogen-bond acceptors (Lipinski definition) is 3. The zero-order valence-corrected chi connectivity index (χ0v) is 12.6. The van der Waals surface area contributed by atoms with Crippen LogP contribution < -0.4 is 0 Å². The molecule has 2 aromatic rings. The molecule has 0 fully saturated rings. The zero-order valence-electron chi connectivity index (χ0n) is 12.6. The maximum atomic E-state index is 10.2. The predicted molar refractivity (Wildman–Crippen MR) is 82.9 cm³/mol. The van der Waals surface area contributed by atoms with E-state index < -0.39 is 0 Å². The number of hydrogen-bond donors (Lipinski definition) is 1. The number of rotatable bonds is 4. The van der Waals surface area contributed by atoms with Crippen molar-refractivity contribution in [3.8, 4) is 0 Å². The minimum Gasteiger partial charge on any atom is -0.388 e. The molecule has 4 nitrogen and oxygen atoms in total. The molecule has 0 spiro atoms. The lowest BCUT2D eigenvalue weighted by atomic mass is 10.0. The summed E-state index contributed by atoms with van der Waals surface area (Å²) in [6.07, 6.45) is 5.59. The molecule has 1 aliphatic heterocycles. The largest absolute Gasteiger partial charge is 0.388 e. The van der Waals surface area contributed by atoms with Crippen LogP contribution in [-0.2, 0) is 19.5 Å². The molecule has 0 bridgehead atoms. The highest BCUT2D eigenvalue weighted by atomic mass is 16.3. The first kappa shape index (κ1) is 14.3. The van der Waals surface area contributed by atoms with Crippen molar-refractivity contribution in [2.24, 2.45) is 0 Å². The molecular formula is C17H23N3O. The van der Waals surface area contributed by atoms with Crippen molar-refractivity contribution < 1.29 is 5.11 Å². The van der Waals surface area contributed by atoms with Crippen LogP contribution in [0.1, 0.15) is 36.1 Å². The quantitative estimate of drug-likeness (QED) is 0.938. The highest BCUT2D eigenvalue weighted by Crippen LogP contribution is 2.26. The molecule has 4 heteroatoms. The second-order valence-corrected chi connectivity index (χ2v) is 5.73. The lowest BCUT2D eigenvalue weighted by molar-refractivity contribution is 0.152. The number of aryl methyl sites for hydroxylation is 1. The molecule has 0 saturated heterocycles. The Morgan fingerprint density at radius 3 is 3.00 bits per heavy atom. The molecule has 0 amide bonds. The standard InChI is InChI=1S/C17H23N3O/c1-2-20-12-14(11-18-20)7-9-19-10-8-17(21)16-6-4-3-5-15(16)13-19/h3-6,11-12,17,21H,2,7-10,13H2,1H3. The number of aromatic nitrogens is 2. The van der Waals surface area contributed by atoms with Gasteiger partial charge in [-0.2, -0.15) is 5.10 Å². The van der Waals surface area contributed by atoms with E-state index in [1.807, 2.05) is 16.9 Å². The Bertz CT molecular complexity index is 593. The maximum Gasteiger partial charge on any atom is 0.0805 e. The van der Waals surface area contributed by atoms with Crippen LogP contribution in [0.4, 0.5) is 0 Å². The van der Waals surface area contributed by atoms with Crippen molar-refractivity contribution >= 4 is 0 Å². The molecule has 1 atom stereocenters. The summed E-state index contributed by atoms with van der Waals surface area (Å²) in [7, 11) is 0. The second kappa shape index (κ2) is 6.41. The van der Waals surface area contributed by atoms with E-state index >= 15 is 0 Å². The summed E-state index contributed by atoms with van der Waals surface area (Å²) in [6.45, 7) is 5.90. The number of aliphatic hydroxyl groups excluding tert-OH is 1. The molecule has 0 radical (unpaired) electrons. The highest BCUT2D eigenvalue weighted by molar-refractivity contribution is 5.30. The van der Waals surface area contributed by atoms with Crippen molar-refractivity contribution in [2.75, 3.05) is 13.1 Å². The van der Waals surface area contributed by atoms with Crippen molar-refractivity contribution in [3.05, 3.63) is 53.3 Å². The van der Waals surface area contributed by atoms with E-state index in [1.54, 1.807) is 0 Å². The topological polar surface area (TPSA) is 41.3 Å². The van der Waals surface area contributed by atoms with Crippen LogP contribution >= 0.6 is 0 Å². The van der Waals surface area contributed by atoms with Crippen LogP contribution in [-0.4, -0.2) is 32.9 Å². The van der Waals surface area contributed by atoms with Gasteiger partial charge in [-0.15, -0.1) is 0 Å². The van der Waals surface area contributed by atoms with Gasteiger partial charge in [-0.05, 0) is 36.5 Å². The van der Waals surface area contributed by atoms with Gasteiger partial charge in [0.2, 0.25) is 0 Å². The lowest BCUT2D eigenvalue weighted by Gasteiger charge is -2.19. The predicted octanol–water partition coefficient (Wildman–Crippen LogP) is 2.38. The molecule has 1 aromatic heterocycles. The number of benzene rings is 1. The van der Waals surface area contributed by atoms with E-state index in [9.17, 15) is 5.11 Å². The zero-order chi connectivity index (χ0) is 14.7. The smallest absolute Gasteiger partial charge is 0.0805 e. The molecule has 1 N–H and O–H groups in total. The van der Waals surface area contributed by atoms with Crippen molar-refractivity contribution in [3.63, 3.8) is 0 Å². The molecule has 2 heterocycles. The lowest BCUT2D eigenvalue weighted by Crippen LogP contribution is -2.25. The van der Waals surface area contributed by atoms with Gasteiger partial charge in [-0.1, -0.05) is 24.3 Å². The van der Waals surface area contributed by atoms with E-state index in [0.29, 0.717) is 0 Å². The fraction of sp³-hybridized carbons (Fsp3) is 0.471. The Morgan fingerprint density at radius 1 is 1.33 bits per heavy atom. The Kier molecular flexibility index (Phi) is 4.36. The van der Waals surface area contributed by atoms with Gasteiger partial charge in [-0.25, -0.2) is 0 Å². The summed E-state index contributed by atoms with van der Waals surface area (Å²) in [5.74, 6) is 0. The SMILES string of the molecule is CCn1cc(CCN2CCC(O)c3ccccc3C2)cn1. The normalized spacial score (nSPS) is 19.2. The summed E-state index contributed by atoms with van der Waals surface area (Å²) < 4.78 is 1.97. The van der Waals surface area contributed by atoms with E-state index in [1.165, 1.54) is 11.1 Å². The third-order valence-corrected chi connectivity index (χ3v) is 4.25. The second-order valence-electron chi connectivity index (χ2n) is 5.73. The van der Waals surface area contributed by atoms with Crippen LogP contribution in [0.25, 0.3) is 0 Å². The Morgan fingerprint density at radius 2 is 2.19 bits per heavy atom. The van der Waals surface area contributed by atoms with E-state index in [2.05, 4.69) is 41.3 Å². The fourth-order valence-electron chi connectivity index (χ4n) is 2.97. The van der Waals surface area contributed by atoms with Crippen LogP contribution in [0.15, 0.2) is 36.7 Å². The van der Waals surface area contributed by atoms with Crippen LogP contribution in [0.2, 0.25) is 0 Å². The molecule has 1 aromatic carbocycles. The van der Waals surface area contributed by atoms with Crippen molar-refractivity contribution in [2.45, 2.75) is 39.0 Å². The van der Waals surface area contributed by atoms with Gasteiger partial charge in [-0.3, -0.25) is 9.58 Å². The van der Waals surface area contributed by atoms with Gasteiger partial charge in [0.25, 0.3) is 0 Å². The molecule has 112 valence electrons. The first-order chi connectivity index (χ1) is 10.3. The number of aliphatic hydroxyl groups is 1. The highest BCUT2D eigenvalue weighted by Gasteiger charge is 2.20. The molecule has 0 aliphatic carbocycles. The molecule has 21 heavy (non-hydrogen) atoms. The minimum atomic E-state index is -0.325. The van der Waals surface area contributed by atoms with Crippen LogP contribution in [0.3, 0.4) is 0 Å². The molecule has 1 unspecified atom stereocenters. The average molecular weight is 285 g/mol. The van der Waals surface area contributed by atoms with Gasteiger partial charge in [0, 0.05) is 32.4 Å². The Labute approximate surface area is 126 Å². The Balaban J connectivity index is 1.64. The van der Waals surface area contributed by atoms with E-state index in [-0.39, 0.29) is 6.10 Å². The van der Waals surface area contributed by atoms with E-state index in [4.69, 9.17) is 0 Å². The number of fused-ring (bicyclic) bond motifs is 1. The number of nitrogens with zero attached hydrogens (tertiary/aromatic N) is 3. The summed E-state index contributed by atoms with van der Waals surface area (Å²) in [4.78, 5) is 2.43. The monoisotopic (exact) mass is 285 g/mol. The van der Waals surface area contributed by atoms with Crippen molar-refractivity contribution in [1.29, 1.82) is 0 Å². The Hall–Kier alpha value is -1.65. The van der Waals surface area contributed by atoms with Gasteiger partial charge >= 0.3 is 0 Å². The minimum absolute atomic E-state index is 0.325. The van der Waals surface area contributed by atoms with Crippen LogP contribution in [0.5, 0.6) is 0 Å². The molecular weight excluding hydrogens is 262 g/mol. The molecule has 1 aliphatic rings. The summed E-state index contributed by atoms with van der Waals surface area (Å²) in [6, 6.07) is 8.25. The molecule has 3 rings (SSSR count). The first-order valence-electron chi connectivity index (χ1n) is 7.76. The van der Waals surface area contributed by atoms with Crippen molar-refractivity contribution in [1.82, 2.24) is 14.7 Å². The summed E-state index contributed by atoms with van der Waals surface area (Å²) in [5, 5.41) is 14.6. The molecule has 0 saturated carbocycles. The third kappa shape index (κ3) is 3.34. The van der Waals surface area contributed by atoms with Gasteiger partial charge < -0.3 is 5.11 Å². The average Bonchev–Trinajstić information content (AvgIpc) is 2.91. The van der Waals surface area contributed by atoms with Gasteiger partial charge in [0.1, 0.15) is 0 Å².